The molecule has 2 aromatic rings. The molecule has 0 aliphatic carbocycles. The fourth-order valence-corrected chi connectivity index (χ4v) is 2.30. The predicted octanol–water partition coefficient (Wildman–Crippen LogP) is 1.57. The van der Waals surface area contributed by atoms with Crippen molar-refractivity contribution in [1.82, 2.24) is 25.5 Å². The number of amides is 1. The average molecular weight is 280 g/mol. The van der Waals surface area contributed by atoms with Gasteiger partial charge >= 0.3 is 0 Å². The standard InChI is InChI=1S/C11H16N6OS/c1-3-7(8-13-5-6-14-8)15-9(18)10-16-17-11(19-10)12-4-2/h5-7H,3-4H2,1-2H3,(H,12,17)(H,13,14)(H,15,18). The van der Waals surface area contributed by atoms with Gasteiger partial charge in [0.15, 0.2) is 0 Å². The van der Waals surface area contributed by atoms with Gasteiger partial charge in [-0.15, -0.1) is 10.2 Å². The minimum atomic E-state index is -0.232. The van der Waals surface area contributed by atoms with Crippen LogP contribution in [-0.4, -0.2) is 32.6 Å². The van der Waals surface area contributed by atoms with Crippen molar-refractivity contribution < 1.29 is 4.79 Å². The molecule has 0 bridgehead atoms. The van der Waals surface area contributed by atoms with E-state index in [4.69, 9.17) is 0 Å². The molecule has 8 heteroatoms. The molecule has 2 aromatic heterocycles. The largest absolute Gasteiger partial charge is 0.360 e. The van der Waals surface area contributed by atoms with E-state index in [2.05, 4.69) is 30.8 Å². The zero-order valence-corrected chi connectivity index (χ0v) is 11.6. The van der Waals surface area contributed by atoms with Gasteiger partial charge in [-0.2, -0.15) is 0 Å². The quantitative estimate of drug-likeness (QED) is 0.746. The first kappa shape index (κ1) is 13.5. The monoisotopic (exact) mass is 280 g/mol. The maximum atomic E-state index is 12.1. The summed E-state index contributed by atoms with van der Waals surface area (Å²) in [6.07, 6.45) is 4.15. The van der Waals surface area contributed by atoms with Crippen LogP contribution in [0.5, 0.6) is 0 Å². The third kappa shape index (κ3) is 3.28. The average Bonchev–Trinajstić information content (AvgIpc) is 3.07. The first-order chi connectivity index (χ1) is 9.24. The molecule has 2 rings (SSSR count). The highest BCUT2D eigenvalue weighted by Crippen LogP contribution is 2.17. The van der Waals surface area contributed by atoms with Gasteiger partial charge in [0.25, 0.3) is 5.91 Å². The molecule has 1 amide bonds. The number of aromatic nitrogens is 4. The lowest BCUT2D eigenvalue weighted by atomic mass is 10.2. The molecular weight excluding hydrogens is 264 g/mol. The molecule has 1 atom stereocenters. The van der Waals surface area contributed by atoms with Crippen molar-refractivity contribution >= 4 is 22.4 Å². The van der Waals surface area contributed by atoms with Crippen LogP contribution in [-0.2, 0) is 0 Å². The van der Waals surface area contributed by atoms with Gasteiger partial charge in [0.05, 0.1) is 6.04 Å². The highest BCUT2D eigenvalue weighted by atomic mass is 32.1. The van der Waals surface area contributed by atoms with E-state index in [-0.39, 0.29) is 11.9 Å². The number of nitrogens with one attached hydrogen (secondary N) is 3. The van der Waals surface area contributed by atoms with Crippen LogP contribution in [0.25, 0.3) is 0 Å². The van der Waals surface area contributed by atoms with Gasteiger partial charge < -0.3 is 15.6 Å². The van der Waals surface area contributed by atoms with E-state index in [1.165, 1.54) is 11.3 Å². The van der Waals surface area contributed by atoms with E-state index in [1.807, 2.05) is 13.8 Å². The Bertz CT molecular complexity index is 523. The lowest BCUT2D eigenvalue weighted by Crippen LogP contribution is -2.28. The lowest BCUT2D eigenvalue weighted by Gasteiger charge is -2.13. The summed E-state index contributed by atoms with van der Waals surface area (Å²) in [6.45, 7) is 4.70. The molecular formula is C11H16N6OS. The molecule has 0 saturated heterocycles. The van der Waals surface area contributed by atoms with Crippen molar-refractivity contribution in [2.45, 2.75) is 26.3 Å². The van der Waals surface area contributed by atoms with Crippen molar-refractivity contribution in [2.24, 2.45) is 0 Å². The molecule has 1 unspecified atom stereocenters. The summed E-state index contributed by atoms with van der Waals surface area (Å²) in [5.41, 5.74) is 0. The summed E-state index contributed by atoms with van der Waals surface area (Å²) < 4.78 is 0. The molecule has 0 radical (unpaired) electrons. The molecule has 7 nitrogen and oxygen atoms in total. The molecule has 0 saturated carbocycles. The Kier molecular flexibility index (Phi) is 4.45. The summed E-state index contributed by atoms with van der Waals surface area (Å²) in [4.78, 5) is 19.2. The van der Waals surface area contributed by atoms with Crippen LogP contribution in [0.3, 0.4) is 0 Å². The Labute approximate surface area is 114 Å². The summed E-state index contributed by atoms with van der Waals surface area (Å²) in [5, 5.41) is 14.7. The zero-order chi connectivity index (χ0) is 13.7. The van der Waals surface area contributed by atoms with Crippen molar-refractivity contribution in [3.63, 3.8) is 0 Å². The number of imidazole rings is 1. The molecule has 2 heterocycles. The van der Waals surface area contributed by atoms with Crippen molar-refractivity contribution in [3.05, 3.63) is 23.2 Å². The fraction of sp³-hybridized carbons (Fsp3) is 0.455. The number of hydrogen-bond acceptors (Lipinski definition) is 6. The van der Waals surface area contributed by atoms with E-state index in [9.17, 15) is 4.79 Å². The SMILES string of the molecule is CCNc1nnc(C(=O)NC(CC)c2ncc[nH]2)s1. The molecule has 3 N–H and O–H groups in total. The number of hydrogen-bond donors (Lipinski definition) is 3. The fourth-order valence-electron chi connectivity index (χ4n) is 1.59. The Morgan fingerprint density at radius 2 is 2.32 bits per heavy atom. The summed E-state index contributed by atoms with van der Waals surface area (Å²) in [6, 6.07) is -0.144. The summed E-state index contributed by atoms with van der Waals surface area (Å²) >= 11 is 1.24. The number of nitrogens with zero attached hydrogens (tertiary/aromatic N) is 3. The van der Waals surface area contributed by atoms with Gasteiger partial charge in [0.2, 0.25) is 10.1 Å². The van der Waals surface area contributed by atoms with E-state index in [1.54, 1.807) is 12.4 Å². The normalized spacial score (nSPS) is 12.1. The molecule has 0 spiro atoms. The predicted molar refractivity (Wildman–Crippen MR) is 73.2 cm³/mol. The minimum absolute atomic E-state index is 0.144. The van der Waals surface area contributed by atoms with Gasteiger partial charge in [0, 0.05) is 18.9 Å². The van der Waals surface area contributed by atoms with E-state index in [0.29, 0.717) is 10.1 Å². The molecule has 0 fully saturated rings. The Morgan fingerprint density at radius 1 is 1.47 bits per heavy atom. The highest BCUT2D eigenvalue weighted by Gasteiger charge is 2.18. The summed E-state index contributed by atoms with van der Waals surface area (Å²) in [7, 11) is 0. The minimum Gasteiger partial charge on any atom is -0.360 e. The van der Waals surface area contributed by atoms with Crippen LogP contribution in [0.1, 0.15) is 41.9 Å². The second-order valence-corrected chi connectivity index (χ2v) is 4.83. The van der Waals surface area contributed by atoms with Gasteiger partial charge in [-0.25, -0.2) is 4.98 Å². The molecule has 0 aliphatic rings. The first-order valence-corrected chi connectivity index (χ1v) is 6.93. The molecule has 0 aromatic carbocycles. The third-order valence-electron chi connectivity index (χ3n) is 2.51. The molecule has 0 aliphatic heterocycles. The van der Waals surface area contributed by atoms with Gasteiger partial charge in [0.1, 0.15) is 5.82 Å². The van der Waals surface area contributed by atoms with Crippen LogP contribution < -0.4 is 10.6 Å². The first-order valence-electron chi connectivity index (χ1n) is 6.12. The smallest absolute Gasteiger partial charge is 0.282 e. The second-order valence-electron chi connectivity index (χ2n) is 3.85. The van der Waals surface area contributed by atoms with E-state index < -0.39 is 0 Å². The van der Waals surface area contributed by atoms with Crippen LogP contribution >= 0.6 is 11.3 Å². The second kappa shape index (κ2) is 6.28. The van der Waals surface area contributed by atoms with Gasteiger partial charge in [-0.3, -0.25) is 4.79 Å². The number of aromatic amines is 1. The van der Waals surface area contributed by atoms with Crippen LogP contribution in [0.2, 0.25) is 0 Å². The summed E-state index contributed by atoms with van der Waals surface area (Å²) in [5.74, 6) is 0.511. The molecule has 102 valence electrons. The van der Waals surface area contributed by atoms with E-state index in [0.717, 1.165) is 18.8 Å². The zero-order valence-electron chi connectivity index (χ0n) is 10.8. The van der Waals surface area contributed by atoms with Gasteiger partial charge in [-0.1, -0.05) is 18.3 Å². The van der Waals surface area contributed by atoms with Crippen LogP contribution in [0.15, 0.2) is 12.4 Å². The number of H-pyrrole nitrogens is 1. The van der Waals surface area contributed by atoms with Crippen LogP contribution in [0, 0.1) is 0 Å². The Balaban J connectivity index is 2.02. The van der Waals surface area contributed by atoms with Gasteiger partial charge in [-0.05, 0) is 13.3 Å². The number of anilines is 1. The lowest BCUT2D eigenvalue weighted by molar-refractivity contribution is 0.0933. The van der Waals surface area contributed by atoms with Crippen molar-refractivity contribution in [2.75, 3.05) is 11.9 Å². The van der Waals surface area contributed by atoms with Crippen molar-refractivity contribution in [3.8, 4) is 0 Å². The van der Waals surface area contributed by atoms with Crippen molar-refractivity contribution in [1.29, 1.82) is 0 Å². The third-order valence-corrected chi connectivity index (χ3v) is 3.39. The topological polar surface area (TPSA) is 95.6 Å². The highest BCUT2D eigenvalue weighted by molar-refractivity contribution is 7.17. The number of rotatable bonds is 6. The Hall–Kier alpha value is -1.96. The number of carbonyl (C=O) groups excluding carboxylic acids is 1. The Morgan fingerprint density at radius 3 is 2.95 bits per heavy atom. The van der Waals surface area contributed by atoms with Crippen LogP contribution in [0.4, 0.5) is 5.13 Å². The van der Waals surface area contributed by atoms with E-state index >= 15 is 0 Å². The number of carbonyl (C=O) groups is 1. The maximum absolute atomic E-state index is 12.1. The maximum Gasteiger partial charge on any atom is 0.282 e. The molecule has 19 heavy (non-hydrogen) atoms.